The van der Waals surface area contributed by atoms with Crippen molar-refractivity contribution in [3.05, 3.63) is 218 Å². The van der Waals surface area contributed by atoms with Gasteiger partial charge in [-0.05, 0) is 105 Å². The van der Waals surface area contributed by atoms with Crippen LogP contribution in [0.5, 0.6) is 0 Å². The molecule has 0 saturated carbocycles. The molecule has 0 atom stereocenters. The van der Waals surface area contributed by atoms with E-state index in [2.05, 4.69) is 228 Å². The van der Waals surface area contributed by atoms with Crippen molar-refractivity contribution in [3.8, 4) is 55.9 Å². The highest BCUT2D eigenvalue weighted by Gasteiger charge is 2.15. The van der Waals surface area contributed by atoms with E-state index < -0.39 is 0 Å². The molecule has 2 aromatic heterocycles. The number of aromatic nitrogens is 2. The summed E-state index contributed by atoms with van der Waals surface area (Å²) in [6, 6.07) is 79.3. The van der Waals surface area contributed by atoms with E-state index in [4.69, 9.17) is 0 Å². The number of hydrogen-bond acceptors (Lipinski definition) is 0. The Morgan fingerprint density at radius 1 is 0.196 bits per heavy atom. The zero-order chi connectivity index (χ0) is 37.0. The van der Waals surface area contributed by atoms with Gasteiger partial charge in [0.1, 0.15) is 0 Å². The minimum atomic E-state index is 1.16. The minimum Gasteiger partial charge on any atom is -0.309 e. The van der Waals surface area contributed by atoms with Crippen molar-refractivity contribution in [2.24, 2.45) is 0 Å². The topological polar surface area (TPSA) is 9.86 Å². The molecule has 0 aliphatic heterocycles. The molecule has 0 unspecified atom stereocenters. The third-order valence-electron chi connectivity index (χ3n) is 11.4. The summed E-state index contributed by atoms with van der Waals surface area (Å²) in [4.78, 5) is 0. The fraction of sp³-hybridized carbons (Fsp3) is 0. The Hall–Kier alpha value is -7.42. The lowest BCUT2D eigenvalue weighted by molar-refractivity contribution is 1.18. The fourth-order valence-electron chi connectivity index (χ4n) is 8.58. The van der Waals surface area contributed by atoms with E-state index >= 15 is 0 Å². The summed E-state index contributed by atoms with van der Waals surface area (Å²) in [6.07, 6.45) is 0. The Kier molecular flexibility index (Phi) is 7.53. The lowest BCUT2D eigenvalue weighted by Crippen LogP contribution is -1.93. The van der Waals surface area contributed by atoms with Gasteiger partial charge in [-0.25, -0.2) is 0 Å². The van der Waals surface area contributed by atoms with Gasteiger partial charge in [0.15, 0.2) is 0 Å². The zero-order valence-electron chi connectivity index (χ0n) is 30.7. The summed E-state index contributed by atoms with van der Waals surface area (Å²) in [7, 11) is 0. The van der Waals surface area contributed by atoms with Crippen molar-refractivity contribution in [2.45, 2.75) is 0 Å². The lowest BCUT2D eigenvalue weighted by atomic mass is 9.97. The second-order valence-electron chi connectivity index (χ2n) is 14.6. The van der Waals surface area contributed by atoms with Gasteiger partial charge in [-0.15, -0.1) is 0 Å². The monoisotopic (exact) mass is 712 g/mol. The van der Waals surface area contributed by atoms with Crippen molar-refractivity contribution >= 4 is 43.6 Å². The summed E-state index contributed by atoms with van der Waals surface area (Å²) in [5, 5.41) is 5.05. The largest absolute Gasteiger partial charge is 0.309 e. The van der Waals surface area contributed by atoms with Crippen LogP contribution in [0.1, 0.15) is 0 Å². The van der Waals surface area contributed by atoms with E-state index in [-0.39, 0.29) is 0 Å². The first kappa shape index (κ1) is 32.0. The van der Waals surface area contributed by atoms with Crippen LogP contribution in [0.2, 0.25) is 0 Å². The van der Waals surface area contributed by atoms with Crippen LogP contribution < -0.4 is 0 Å². The van der Waals surface area contributed by atoms with E-state index in [1.165, 1.54) is 93.8 Å². The molecule has 0 saturated heterocycles. The van der Waals surface area contributed by atoms with Crippen LogP contribution in [0.4, 0.5) is 0 Å². The smallest absolute Gasteiger partial charge is 0.0541 e. The van der Waals surface area contributed by atoms with Gasteiger partial charge >= 0.3 is 0 Å². The van der Waals surface area contributed by atoms with Gasteiger partial charge in [-0.1, -0.05) is 158 Å². The highest BCUT2D eigenvalue weighted by molar-refractivity contribution is 6.11. The number of nitrogens with zero attached hydrogens (tertiary/aromatic N) is 2. The SMILES string of the molecule is c1ccc(-c2ccc(-n3c4ccccc4c4cc(-c5ccc(-c6ccc(-c7ccc8c(c7)c7ccccc7n8-c7ccccc7)cc6)cc5)ccc43)cc2)cc1. The molecule has 11 rings (SSSR count). The molecule has 0 fully saturated rings. The predicted molar refractivity (Wildman–Crippen MR) is 237 cm³/mol. The molecule has 0 aliphatic rings. The molecule has 9 aromatic carbocycles. The van der Waals surface area contributed by atoms with Gasteiger partial charge in [0.05, 0.1) is 22.1 Å². The second kappa shape index (κ2) is 13.2. The van der Waals surface area contributed by atoms with Gasteiger partial charge < -0.3 is 9.13 Å². The minimum absolute atomic E-state index is 1.16. The quantitative estimate of drug-likeness (QED) is 0.162. The molecule has 0 bridgehead atoms. The van der Waals surface area contributed by atoms with E-state index in [0.717, 1.165) is 5.69 Å². The molecule has 2 heterocycles. The van der Waals surface area contributed by atoms with Crippen LogP contribution in [0.3, 0.4) is 0 Å². The maximum absolute atomic E-state index is 2.39. The number of fused-ring (bicyclic) bond motifs is 6. The predicted octanol–water partition coefficient (Wildman–Crippen LogP) is 14.5. The third-order valence-corrected chi connectivity index (χ3v) is 11.4. The number of rotatable bonds is 6. The third kappa shape index (κ3) is 5.34. The molecular formula is C54H36N2. The first-order valence-electron chi connectivity index (χ1n) is 19.3. The Morgan fingerprint density at radius 2 is 0.500 bits per heavy atom. The van der Waals surface area contributed by atoms with Crippen LogP contribution in [-0.2, 0) is 0 Å². The average molecular weight is 713 g/mol. The number of para-hydroxylation sites is 3. The Balaban J connectivity index is 0.889. The molecule has 2 nitrogen and oxygen atoms in total. The molecule has 262 valence electrons. The molecule has 11 aromatic rings. The van der Waals surface area contributed by atoms with Gasteiger partial charge in [0.25, 0.3) is 0 Å². The number of benzene rings is 9. The summed E-state index contributed by atoms with van der Waals surface area (Å²) in [5.74, 6) is 0. The zero-order valence-corrected chi connectivity index (χ0v) is 30.7. The van der Waals surface area contributed by atoms with Crippen LogP contribution in [0, 0.1) is 0 Å². The average Bonchev–Trinajstić information content (AvgIpc) is 3.79. The standard InChI is InChI=1S/C54H36N2/c1-3-11-37(12-4-1)40-27-31-46(32-28-40)56-52-18-10-8-16-48(52)50-36-44(30-34-54(50)56)42-25-21-39(22-26-42)38-19-23-41(24-20-38)43-29-33-53-49(35-43)47-15-7-9-17-51(47)55(53)45-13-5-2-6-14-45/h1-36H. The Morgan fingerprint density at radius 3 is 0.964 bits per heavy atom. The maximum atomic E-state index is 2.39. The highest BCUT2D eigenvalue weighted by Crippen LogP contribution is 2.38. The van der Waals surface area contributed by atoms with Crippen molar-refractivity contribution < 1.29 is 0 Å². The van der Waals surface area contributed by atoms with Crippen molar-refractivity contribution in [3.63, 3.8) is 0 Å². The summed E-state index contributed by atoms with van der Waals surface area (Å²) in [5.41, 5.74) is 16.9. The van der Waals surface area contributed by atoms with E-state index in [9.17, 15) is 0 Å². The lowest BCUT2D eigenvalue weighted by Gasteiger charge is -2.10. The van der Waals surface area contributed by atoms with E-state index in [1.807, 2.05) is 0 Å². The molecule has 0 spiro atoms. The van der Waals surface area contributed by atoms with Gasteiger partial charge in [0.2, 0.25) is 0 Å². The molecule has 56 heavy (non-hydrogen) atoms. The van der Waals surface area contributed by atoms with Gasteiger partial charge in [0, 0.05) is 32.9 Å². The van der Waals surface area contributed by atoms with Gasteiger partial charge in [-0.3, -0.25) is 0 Å². The van der Waals surface area contributed by atoms with Crippen molar-refractivity contribution in [1.82, 2.24) is 9.13 Å². The summed E-state index contributed by atoms with van der Waals surface area (Å²) < 4.78 is 4.75. The molecule has 2 heteroatoms. The summed E-state index contributed by atoms with van der Waals surface area (Å²) in [6.45, 7) is 0. The van der Waals surface area contributed by atoms with Crippen molar-refractivity contribution in [2.75, 3.05) is 0 Å². The van der Waals surface area contributed by atoms with Crippen LogP contribution >= 0.6 is 0 Å². The molecular weight excluding hydrogens is 677 g/mol. The molecule has 0 radical (unpaired) electrons. The van der Waals surface area contributed by atoms with Crippen LogP contribution in [-0.4, -0.2) is 9.13 Å². The normalized spacial score (nSPS) is 11.6. The highest BCUT2D eigenvalue weighted by atomic mass is 15.0. The first-order valence-corrected chi connectivity index (χ1v) is 19.3. The second-order valence-corrected chi connectivity index (χ2v) is 14.6. The maximum Gasteiger partial charge on any atom is 0.0541 e. The fourth-order valence-corrected chi connectivity index (χ4v) is 8.58. The number of hydrogen-bond donors (Lipinski definition) is 0. The molecule has 0 amide bonds. The van der Waals surface area contributed by atoms with E-state index in [1.54, 1.807) is 0 Å². The Bertz CT molecular complexity index is 3190. The Labute approximate surface area is 325 Å². The van der Waals surface area contributed by atoms with Crippen molar-refractivity contribution in [1.29, 1.82) is 0 Å². The first-order chi connectivity index (χ1) is 27.8. The van der Waals surface area contributed by atoms with E-state index in [0.29, 0.717) is 0 Å². The molecule has 0 aliphatic carbocycles. The van der Waals surface area contributed by atoms with Crippen LogP contribution in [0.15, 0.2) is 218 Å². The van der Waals surface area contributed by atoms with Crippen LogP contribution in [0.25, 0.3) is 99.5 Å². The summed E-state index contributed by atoms with van der Waals surface area (Å²) >= 11 is 0. The van der Waals surface area contributed by atoms with Gasteiger partial charge in [-0.2, -0.15) is 0 Å². The molecule has 0 N–H and O–H groups in total.